The summed E-state index contributed by atoms with van der Waals surface area (Å²) in [6, 6.07) is 8.78. The van der Waals surface area contributed by atoms with Gasteiger partial charge in [-0.15, -0.1) is 0 Å². The Labute approximate surface area is 148 Å². The van der Waals surface area contributed by atoms with E-state index in [1.807, 2.05) is 0 Å². The van der Waals surface area contributed by atoms with Crippen LogP contribution in [0.15, 0.2) is 42.6 Å². The molecule has 0 aliphatic heterocycles. The van der Waals surface area contributed by atoms with Crippen LogP contribution in [0.4, 0.5) is 10.2 Å². The van der Waals surface area contributed by atoms with Gasteiger partial charge >= 0.3 is 5.97 Å². The summed E-state index contributed by atoms with van der Waals surface area (Å²) in [6.45, 7) is 0.968. The molecule has 1 heterocycles. The normalized spacial score (nSPS) is 10.8. The van der Waals surface area contributed by atoms with Crippen molar-refractivity contribution in [1.82, 2.24) is 4.98 Å². The number of benzene rings is 2. The quantitative estimate of drug-likeness (QED) is 0.586. The monoisotopic (exact) mass is 356 g/mol. The fourth-order valence-electron chi connectivity index (χ4n) is 2.79. The van der Waals surface area contributed by atoms with Gasteiger partial charge in [0.25, 0.3) is 0 Å². The molecule has 0 aliphatic carbocycles. The molecule has 6 nitrogen and oxygen atoms in total. The summed E-state index contributed by atoms with van der Waals surface area (Å²) >= 11 is 0. The highest BCUT2D eigenvalue weighted by molar-refractivity contribution is 6.12. The molecule has 7 heteroatoms. The molecule has 1 aromatic heterocycles. The molecule has 0 bridgehead atoms. The third-order valence-electron chi connectivity index (χ3n) is 4.00. The Morgan fingerprint density at radius 3 is 2.81 bits per heavy atom. The molecule has 0 aliphatic rings. The maximum Gasteiger partial charge on any atom is 0.336 e. The van der Waals surface area contributed by atoms with E-state index in [0.717, 1.165) is 6.07 Å². The lowest BCUT2D eigenvalue weighted by Crippen LogP contribution is -2.10. The standard InChI is InChI=1S/C19H17FN2O4/c1-26-8-7-21-18-12-3-2-4-13(19(24)25)17(12)14(10-22-18)11-5-6-16(23)15(20)9-11/h2-6,9-10,23H,7-8H2,1H3,(H,21,22)(H,24,25). The SMILES string of the molecule is COCCNc1ncc(-c2ccc(O)c(F)c2)c2c(C(=O)O)cccc12. The third kappa shape index (κ3) is 3.29. The Morgan fingerprint density at radius 2 is 2.12 bits per heavy atom. The number of carbonyl (C=O) groups is 1. The van der Waals surface area contributed by atoms with Crippen LogP contribution in [0.2, 0.25) is 0 Å². The molecule has 3 rings (SSSR count). The van der Waals surface area contributed by atoms with Crippen molar-refractivity contribution in [3.8, 4) is 16.9 Å². The second kappa shape index (κ2) is 7.37. The topological polar surface area (TPSA) is 91.7 Å². The number of hydrogen-bond acceptors (Lipinski definition) is 5. The minimum atomic E-state index is -1.09. The number of rotatable bonds is 6. The molecule has 2 aromatic carbocycles. The number of anilines is 1. The smallest absolute Gasteiger partial charge is 0.336 e. The Hall–Kier alpha value is -3.19. The summed E-state index contributed by atoms with van der Waals surface area (Å²) in [7, 11) is 1.58. The van der Waals surface area contributed by atoms with Crippen molar-refractivity contribution < 1.29 is 24.1 Å². The summed E-state index contributed by atoms with van der Waals surface area (Å²) in [5, 5.41) is 23.1. The van der Waals surface area contributed by atoms with Crippen LogP contribution in [-0.2, 0) is 4.74 Å². The summed E-state index contributed by atoms with van der Waals surface area (Å²) in [6.07, 6.45) is 1.50. The van der Waals surface area contributed by atoms with E-state index >= 15 is 0 Å². The zero-order valence-corrected chi connectivity index (χ0v) is 14.0. The Balaban J connectivity index is 2.24. The van der Waals surface area contributed by atoms with Gasteiger partial charge in [-0.1, -0.05) is 18.2 Å². The summed E-state index contributed by atoms with van der Waals surface area (Å²) in [5.74, 6) is -1.83. The molecule has 0 saturated heterocycles. The summed E-state index contributed by atoms with van der Waals surface area (Å²) in [5.41, 5.74) is 0.979. The zero-order valence-electron chi connectivity index (χ0n) is 14.0. The van der Waals surface area contributed by atoms with E-state index in [-0.39, 0.29) is 5.56 Å². The maximum absolute atomic E-state index is 13.8. The van der Waals surface area contributed by atoms with Gasteiger partial charge in [-0.3, -0.25) is 0 Å². The van der Waals surface area contributed by atoms with Crippen LogP contribution in [0, 0.1) is 5.82 Å². The van der Waals surface area contributed by atoms with Crippen molar-refractivity contribution in [1.29, 1.82) is 0 Å². The number of aromatic carboxylic acids is 1. The van der Waals surface area contributed by atoms with Crippen molar-refractivity contribution >= 4 is 22.6 Å². The second-order valence-corrected chi connectivity index (χ2v) is 5.64. The summed E-state index contributed by atoms with van der Waals surface area (Å²) < 4.78 is 18.8. The molecule has 0 radical (unpaired) electrons. The van der Waals surface area contributed by atoms with Gasteiger partial charge in [0, 0.05) is 36.2 Å². The molecule has 26 heavy (non-hydrogen) atoms. The van der Waals surface area contributed by atoms with Crippen LogP contribution in [0.5, 0.6) is 5.75 Å². The average Bonchev–Trinajstić information content (AvgIpc) is 2.63. The largest absolute Gasteiger partial charge is 0.505 e. The van der Waals surface area contributed by atoms with Crippen molar-refractivity contribution in [2.24, 2.45) is 0 Å². The van der Waals surface area contributed by atoms with Crippen LogP contribution >= 0.6 is 0 Å². The zero-order chi connectivity index (χ0) is 18.7. The average molecular weight is 356 g/mol. The number of pyridine rings is 1. The van der Waals surface area contributed by atoms with Gasteiger partial charge in [-0.2, -0.15) is 0 Å². The molecular weight excluding hydrogens is 339 g/mol. The molecule has 3 aromatic rings. The lowest BCUT2D eigenvalue weighted by Gasteiger charge is -2.14. The molecule has 0 amide bonds. The highest BCUT2D eigenvalue weighted by Gasteiger charge is 2.17. The number of halogens is 1. The van der Waals surface area contributed by atoms with E-state index in [0.29, 0.717) is 40.9 Å². The Morgan fingerprint density at radius 1 is 1.31 bits per heavy atom. The highest BCUT2D eigenvalue weighted by atomic mass is 19.1. The number of nitrogens with zero attached hydrogens (tertiary/aromatic N) is 1. The number of aromatic hydroxyl groups is 1. The molecule has 0 saturated carbocycles. The van der Waals surface area contributed by atoms with E-state index in [1.54, 1.807) is 19.2 Å². The number of aromatic nitrogens is 1. The number of phenols is 1. The predicted octanol–water partition coefficient (Wildman–Crippen LogP) is 3.50. The van der Waals surface area contributed by atoms with E-state index in [1.165, 1.54) is 24.4 Å². The van der Waals surface area contributed by atoms with Gasteiger partial charge in [-0.25, -0.2) is 14.2 Å². The van der Waals surface area contributed by atoms with Crippen LogP contribution in [0.3, 0.4) is 0 Å². The van der Waals surface area contributed by atoms with E-state index in [2.05, 4.69) is 10.3 Å². The van der Waals surface area contributed by atoms with E-state index < -0.39 is 17.5 Å². The van der Waals surface area contributed by atoms with Crippen molar-refractivity contribution in [3.63, 3.8) is 0 Å². The first-order valence-corrected chi connectivity index (χ1v) is 7.89. The number of methoxy groups -OCH3 is 1. The lowest BCUT2D eigenvalue weighted by molar-refractivity contribution is 0.0699. The molecular formula is C19H17FN2O4. The second-order valence-electron chi connectivity index (χ2n) is 5.64. The molecule has 0 unspecified atom stereocenters. The molecule has 0 atom stereocenters. The number of carboxylic acids is 1. The first kappa shape index (κ1) is 17.6. The Bertz CT molecular complexity index is 975. The minimum absolute atomic E-state index is 0.0863. The van der Waals surface area contributed by atoms with Gasteiger partial charge < -0.3 is 20.3 Å². The Kier molecular flexibility index (Phi) is 4.99. The number of carboxylic acid groups (broad SMARTS) is 1. The number of fused-ring (bicyclic) bond motifs is 1. The van der Waals surface area contributed by atoms with Gasteiger partial charge in [0.15, 0.2) is 11.6 Å². The van der Waals surface area contributed by atoms with E-state index in [4.69, 9.17) is 4.74 Å². The first-order valence-electron chi connectivity index (χ1n) is 7.89. The highest BCUT2D eigenvalue weighted by Crippen LogP contribution is 2.35. The molecule has 134 valence electrons. The van der Waals surface area contributed by atoms with Crippen molar-refractivity contribution in [3.05, 3.63) is 54.0 Å². The van der Waals surface area contributed by atoms with Crippen LogP contribution in [-0.4, -0.2) is 41.4 Å². The number of phenolic OH excluding ortho intramolecular Hbond substituents is 1. The van der Waals surface area contributed by atoms with Crippen LogP contribution in [0.25, 0.3) is 21.9 Å². The molecule has 3 N–H and O–H groups in total. The van der Waals surface area contributed by atoms with Crippen molar-refractivity contribution in [2.45, 2.75) is 0 Å². The fourth-order valence-corrected chi connectivity index (χ4v) is 2.79. The third-order valence-corrected chi connectivity index (χ3v) is 4.00. The number of ether oxygens (including phenoxy) is 1. The predicted molar refractivity (Wildman–Crippen MR) is 96.1 cm³/mol. The van der Waals surface area contributed by atoms with Crippen LogP contribution < -0.4 is 5.32 Å². The van der Waals surface area contributed by atoms with Gasteiger partial charge in [0.2, 0.25) is 0 Å². The summed E-state index contributed by atoms with van der Waals surface area (Å²) in [4.78, 5) is 16.1. The first-order chi connectivity index (χ1) is 12.5. The maximum atomic E-state index is 13.8. The van der Waals surface area contributed by atoms with Crippen LogP contribution in [0.1, 0.15) is 10.4 Å². The minimum Gasteiger partial charge on any atom is -0.505 e. The van der Waals surface area contributed by atoms with Crippen molar-refractivity contribution in [2.75, 3.05) is 25.6 Å². The van der Waals surface area contributed by atoms with Gasteiger partial charge in [0.05, 0.1) is 12.2 Å². The molecule has 0 fully saturated rings. The number of hydrogen-bond donors (Lipinski definition) is 3. The van der Waals surface area contributed by atoms with E-state index in [9.17, 15) is 19.4 Å². The lowest BCUT2D eigenvalue weighted by atomic mass is 9.96. The van der Waals surface area contributed by atoms with Gasteiger partial charge in [-0.05, 0) is 23.8 Å². The van der Waals surface area contributed by atoms with Gasteiger partial charge in [0.1, 0.15) is 5.82 Å². The molecule has 0 spiro atoms. The number of nitrogens with one attached hydrogen (secondary N) is 1. The fraction of sp³-hybridized carbons (Fsp3) is 0.158.